The van der Waals surface area contributed by atoms with Crippen LogP contribution in [0.15, 0.2) is 51.6 Å². The van der Waals surface area contributed by atoms with Gasteiger partial charge in [0.15, 0.2) is 0 Å². The first-order valence-corrected chi connectivity index (χ1v) is 13.0. The van der Waals surface area contributed by atoms with Crippen LogP contribution >= 0.6 is 11.8 Å². The van der Waals surface area contributed by atoms with Crippen molar-refractivity contribution in [2.45, 2.75) is 57.1 Å². The maximum atomic E-state index is 13.8. The van der Waals surface area contributed by atoms with Crippen LogP contribution in [0.1, 0.15) is 49.4 Å². The first-order chi connectivity index (χ1) is 16.7. The van der Waals surface area contributed by atoms with E-state index in [2.05, 4.69) is 41.1 Å². The highest BCUT2D eigenvalue weighted by molar-refractivity contribution is 7.98. The molecule has 0 fully saturated rings. The van der Waals surface area contributed by atoms with Crippen LogP contribution in [-0.4, -0.2) is 36.6 Å². The number of rotatable bonds is 12. The van der Waals surface area contributed by atoms with Crippen LogP contribution in [0, 0.1) is 0 Å². The Morgan fingerprint density at radius 3 is 2.69 bits per heavy atom. The molecule has 190 valence electrons. The van der Waals surface area contributed by atoms with E-state index in [4.69, 9.17) is 0 Å². The zero-order chi connectivity index (χ0) is 25.5. The van der Waals surface area contributed by atoms with Crippen LogP contribution in [0.5, 0.6) is 0 Å². The van der Waals surface area contributed by atoms with E-state index in [0.717, 1.165) is 30.9 Å². The zero-order valence-electron chi connectivity index (χ0n) is 20.3. The van der Waals surface area contributed by atoms with E-state index < -0.39 is 34.7 Å². The molecule has 3 rings (SSSR count). The number of halogens is 2. The van der Waals surface area contributed by atoms with E-state index in [0.29, 0.717) is 0 Å². The summed E-state index contributed by atoms with van der Waals surface area (Å²) in [5.74, 6) is 0.475. The van der Waals surface area contributed by atoms with E-state index in [1.165, 1.54) is 22.8 Å². The van der Waals surface area contributed by atoms with E-state index in [-0.39, 0.29) is 36.8 Å². The van der Waals surface area contributed by atoms with Gasteiger partial charge >= 0.3 is 0 Å². The molecule has 6 nitrogen and oxygen atoms in total. The Bertz CT molecular complexity index is 1150. The first-order valence-electron chi connectivity index (χ1n) is 11.8. The lowest BCUT2D eigenvalue weighted by molar-refractivity contribution is 0.143. The highest BCUT2D eigenvalue weighted by Gasteiger charge is 2.27. The summed E-state index contributed by atoms with van der Waals surface area (Å²) >= 11 is 1.83. The number of hydrogen-bond donors (Lipinski definition) is 4. The first kappa shape index (κ1) is 27.1. The molecule has 1 heterocycles. The lowest BCUT2D eigenvalue weighted by Gasteiger charge is -2.30. The number of aliphatic hydroxyl groups excluding tert-OH is 1. The number of nitrogens with one attached hydrogen (secondary N) is 3. The third-order valence-electron chi connectivity index (χ3n) is 6.22. The van der Waals surface area contributed by atoms with Gasteiger partial charge < -0.3 is 21.1 Å². The fraction of sp³-hybridized carbons (Fsp3) is 0.462. The average Bonchev–Trinajstić information content (AvgIpc) is 2.84. The lowest BCUT2D eigenvalue weighted by Crippen LogP contribution is -2.46. The monoisotopic (exact) mass is 505 g/mol. The fourth-order valence-corrected chi connectivity index (χ4v) is 5.37. The number of anilines is 2. The molecular weight excluding hydrogens is 472 g/mol. The van der Waals surface area contributed by atoms with Gasteiger partial charge in [0.25, 0.3) is 10.9 Å². The van der Waals surface area contributed by atoms with Crippen LogP contribution in [0.2, 0.25) is 0 Å². The van der Waals surface area contributed by atoms with Crippen molar-refractivity contribution < 1.29 is 13.9 Å². The number of thioether (sulfide) groups is 1. The largest absolute Gasteiger partial charge is 0.390 e. The fourth-order valence-electron chi connectivity index (χ4n) is 4.23. The second kappa shape index (κ2) is 12.5. The Morgan fingerprint density at radius 1 is 1.26 bits per heavy atom. The molecule has 0 saturated carbocycles. The minimum absolute atomic E-state index is 0.0690. The Labute approximate surface area is 208 Å². The zero-order valence-corrected chi connectivity index (χ0v) is 21.1. The van der Waals surface area contributed by atoms with Crippen LogP contribution in [0.3, 0.4) is 0 Å². The SMILES string of the molecule is CCc1ccc2c(c1)C(NCC(O)C(CC/C=C(F)\C=C(/C)F)Nc1c(NC)c(=O)c1=O)CSC2. The Balaban J connectivity index is 1.72. The maximum absolute atomic E-state index is 13.8. The van der Waals surface area contributed by atoms with E-state index in [1.54, 1.807) is 7.05 Å². The molecule has 1 aliphatic rings. The number of fused-ring (bicyclic) bond motifs is 1. The molecule has 0 bridgehead atoms. The van der Waals surface area contributed by atoms with Crippen molar-refractivity contribution >= 4 is 23.1 Å². The number of allylic oxidation sites excluding steroid dienone is 4. The van der Waals surface area contributed by atoms with E-state index >= 15 is 0 Å². The molecule has 0 radical (unpaired) electrons. The number of aliphatic hydroxyl groups is 1. The summed E-state index contributed by atoms with van der Waals surface area (Å²) in [6, 6.07) is 5.96. The van der Waals surface area contributed by atoms with Gasteiger partial charge in [-0.1, -0.05) is 25.1 Å². The topological polar surface area (TPSA) is 90.5 Å². The quantitative estimate of drug-likeness (QED) is 0.255. The molecule has 1 aliphatic heterocycles. The maximum Gasteiger partial charge on any atom is 0.253 e. The molecule has 0 aromatic heterocycles. The minimum Gasteiger partial charge on any atom is -0.390 e. The summed E-state index contributed by atoms with van der Waals surface area (Å²) in [5.41, 5.74) is 2.80. The molecule has 2 aromatic rings. The summed E-state index contributed by atoms with van der Waals surface area (Å²) < 4.78 is 26.7. The van der Waals surface area contributed by atoms with E-state index in [1.807, 2.05) is 11.8 Å². The predicted octanol–water partition coefficient (Wildman–Crippen LogP) is 4.11. The lowest BCUT2D eigenvalue weighted by atomic mass is 9.97. The highest BCUT2D eigenvalue weighted by Crippen LogP contribution is 2.32. The minimum atomic E-state index is -0.927. The van der Waals surface area contributed by atoms with Crippen LogP contribution in [0.25, 0.3) is 0 Å². The van der Waals surface area contributed by atoms with Crippen molar-refractivity contribution in [2.75, 3.05) is 30.0 Å². The molecule has 0 amide bonds. The molecule has 3 unspecified atom stereocenters. The molecule has 0 aliphatic carbocycles. The molecule has 35 heavy (non-hydrogen) atoms. The molecule has 0 saturated heterocycles. The normalized spacial score (nSPS) is 18.3. The predicted molar refractivity (Wildman–Crippen MR) is 140 cm³/mol. The number of benzene rings is 1. The van der Waals surface area contributed by atoms with Crippen molar-refractivity contribution in [3.05, 3.63) is 79.1 Å². The smallest absolute Gasteiger partial charge is 0.253 e. The standard InChI is InChI=1S/C26H33F2N3O3S/c1-4-16-8-9-17-13-35-14-21(19(17)11-16)30-12-22(32)20(7-5-6-18(28)10-15(2)27)31-24-23(29-3)25(33)26(24)34/h6,8-11,20-22,29-32H,4-5,7,12-14H2,1-3H3/b15-10+,18-6+. The Kier molecular flexibility index (Phi) is 9.65. The Hall–Kier alpha value is -2.49. The summed E-state index contributed by atoms with van der Waals surface area (Å²) in [6.45, 7) is 3.51. The van der Waals surface area contributed by atoms with Gasteiger partial charge in [-0.05, 0) is 49.0 Å². The number of hydrogen-bond acceptors (Lipinski definition) is 7. The number of aryl methyl sites for hydroxylation is 1. The van der Waals surface area contributed by atoms with Crippen LogP contribution in [-0.2, 0) is 12.2 Å². The molecule has 0 spiro atoms. The summed E-state index contributed by atoms with van der Waals surface area (Å²) in [7, 11) is 1.54. The third-order valence-corrected chi connectivity index (χ3v) is 7.30. The highest BCUT2D eigenvalue weighted by atomic mass is 32.2. The van der Waals surface area contributed by atoms with Gasteiger partial charge in [0.1, 0.15) is 17.2 Å². The summed E-state index contributed by atoms with van der Waals surface area (Å²) in [5, 5.41) is 20.2. The van der Waals surface area contributed by atoms with Crippen LogP contribution in [0.4, 0.5) is 20.2 Å². The second-order valence-corrected chi connectivity index (χ2v) is 9.77. The Morgan fingerprint density at radius 2 is 2.00 bits per heavy atom. The molecule has 9 heteroatoms. The second-order valence-electron chi connectivity index (χ2n) is 8.74. The average molecular weight is 506 g/mol. The third kappa shape index (κ3) is 6.80. The van der Waals surface area contributed by atoms with Crippen molar-refractivity contribution in [1.29, 1.82) is 0 Å². The van der Waals surface area contributed by atoms with Crippen molar-refractivity contribution in [3.8, 4) is 0 Å². The summed E-state index contributed by atoms with van der Waals surface area (Å²) in [4.78, 5) is 23.8. The van der Waals surface area contributed by atoms with Crippen LogP contribution < -0.4 is 26.8 Å². The van der Waals surface area contributed by atoms with Gasteiger partial charge in [-0.25, -0.2) is 8.78 Å². The van der Waals surface area contributed by atoms with Crippen molar-refractivity contribution in [2.24, 2.45) is 0 Å². The molecule has 4 N–H and O–H groups in total. The van der Waals surface area contributed by atoms with Gasteiger partial charge in [0, 0.05) is 37.2 Å². The van der Waals surface area contributed by atoms with Gasteiger partial charge in [0.05, 0.1) is 18.0 Å². The van der Waals surface area contributed by atoms with Gasteiger partial charge in [-0.2, -0.15) is 11.8 Å². The van der Waals surface area contributed by atoms with Gasteiger partial charge in [-0.3, -0.25) is 9.59 Å². The van der Waals surface area contributed by atoms with Crippen molar-refractivity contribution in [3.63, 3.8) is 0 Å². The van der Waals surface area contributed by atoms with Gasteiger partial charge in [-0.15, -0.1) is 0 Å². The van der Waals surface area contributed by atoms with E-state index in [9.17, 15) is 23.5 Å². The summed E-state index contributed by atoms with van der Waals surface area (Å²) in [6.07, 6.45) is 2.52. The molecule has 3 atom stereocenters. The molecular formula is C26H33F2N3O3S. The molecule has 2 aromatic carbocycles. The van der Waals surface area contributed by atoms with Crippen molar-refractivity contribution in [1.82, 2.24) is 5.32 Å². The van der Waals surface area contributed by atoms with Gasteiger partial charge in [0.2, 0.25) is 0 Å².